The van der Waals surface area contributed by atoms with Crippen LogP contribution in [0, 0.1) is 13.8 Å². The molecule has 0 radical (unpaired) electrons. The highest BCUT2D eigenvalue weighted by molar-refractivity contribution is 6.16. The summed E-state index contributed by atoms with van der Waals surface area (Å²) >= 11 is 0. The van der Waals surface area contributed by atoms with Gasteiger partial charge in [-0.3, -0.25) is 8.80 Å². The minimum Gasteiger partial charge on any atom is -0.457 e. The van der Waals surface area contributed by atoms with Crippen molar-refractivity contribution < 1.29 is 4.74 Å². The zero-order valence-electron chi connectivity index (χ0n) is 36.7. The third-order valence-corrected chi connectivity index (χ3v) is 16.0. The predicted molar refractivity (Wildman–Crippen MR) is 253 cm³/mol. The average Bonchev–Trinajstić information content (AvgIpc) is 3.86. The maximum absolute atomic E-state index is 6.97. The van der Waals surface area contributed by atoms with E-state index in [9.17, 15) is 0 Å². The van der Waals surface area contributed by atoms with Gasteiger partial charge in [0.25, 0.3) is 0 Å². The van der Waals surface area contributed by atoms with Gasteiger partial charge in [0.05, 0.1) is 33.8 Å². The van der Waals surface area contributed by atoms with Crippen molar-refractivity contribution in [3.05, 3.63) is 155 Å². The topological polar surface area (TPSA) is 43.8 Å². The molecule has 2 aliphatic rings. The van der Waals surface area contributed by atoms with E-state index in [-0.39, 0.29) is 21.7 Å². The Hall–Kier alpha value is -6.46. The fourth-order valence-electron chi connectivity index (χ4n) is 11.3. The minimum absolute atomic E-state index is 0.142. The third kappa shape index (κ3) is 4.41. The molecule has 2 aliphatic heterocycles. The molecule has 5 heteroatoms. The lowest BCUT2D eigenvalue weighted by atomic mass is 9.60. The van der Waals surface area contributed by atoms with Gasteiger partial charge in [0.1, 0.15) is 22.8 Å². The molecular weight excluding hydrogens is 745 g/mol. The molecule has 0 fully saturated rings. The molecule has 0 atom stereocenters. The Morgan fingerprint density at radius 3 is 1.21 bits per heavy atom. The van der Waals surface area contributed by atoms with E-state index in [1.165, 1.54) is 66.2 Å². The van der Waals surface area contributed by atoms with E-state index in [1.807, 2.05) is 0 Å². The summed E-state index contributed by atoms with van der Waals surface area (Å²) in [6.45, 7) is 23.6. The van der Waals surface area contributed by atoms with Gasteiger partial charge in [-0.25, -0.2) is 9.97 Å². The lowest BCUT2D eigenvalue weighted by Crippen LogP contribution is -2.44. The van der Waals surface area contributed by atoms with Gasteiger partial charge >= 0.3 is 0 Å². The molecule has 0 N–H and O–H groups in total. The van der Waals surface area contributed by atoms with E-state index in [4.69, 9.17) is 14.7 Å². The second-order valence-corrected chi connectivity index (χ2v) is 20.0. The van der Waals surface area contributed by atoms with Crippen LogP contribution < -0.4 is 4.74 Å². The number of hydrogen-bond donors (Lipinski definition) is 0. The van der Waals surface area contributed by atoms with Crippen molar-refractivity contribution in [1.29, 1.82) is 0 Å². The summed E-state index contributed by atoms with van der Waals surface area (Å²) < 4.78 is 11.9. The van der Waals surface area contributed by atoms with Crippen molar-refractivity contribution in [2.45, 2.75) is 90.9 Å². The maximum atomic E-state index is 6.97. The minimum atomic E-state index is -0.215. The maximum Gasteiger partial charge on any atom is 0.146 e. The molecule has 300 valence electrons. The number of ether oxygens (including phenoxy) is 1. The molecule has 0 bridgehead atoms. The quantitative estimate of drug-likeness (QED) is 0.167. The van der Waals surface area contributed by atoms with E-state index in [2.05, 4.69) is 199 Å². The number of benzene rings is 6. The Bertz CT molecular complexity index is 3330. The van der Waals surface area contributed by atoms with E-state index < -0.39 is 0 Å². The van der Waals surface area contributed by atoms with Crippen LogP contribution in [0.4, 0.5) is 0 Å². The van der Waals surface area contributed by atoms with Gasteiger partial charge in [-0.1, -0.05) is 140 Å². The van der Waals surface area contributed by atoms with Gasteiger partial charge in [0.15, 0.2) is 0 Å². The van der Waals surface area contributed by atoms with Crippen LogP contribution in [0.15, 0.2) is 121 Å². The van der Waals surface area contributed by atoms with Crippen molar-refractivity contribution in [2.75, 3.05) is 0 Å². The first-order valence-electron chi connectivity index (χ1n) is 21.8. The summed E-state index contributed by atoms with van der Waals surface area (Å²) in [5, 5.41) is 7.10. The van der Waals surface area contributed by atoms with Crippen LogP contribution in [0.25, 0.3) is 77.2 Å². The molecule has 12 rings (SSSR count). The van der Waals surface area contributed by atoms with Crippen molar-refractivity contribution in [2.24, 2.45) is 0 Å². The number of pyridine rings is 2. The van der Waals surface area contributed by atoms with Gasteiger partial charge in [0.2, 0.25) is 0 Å². The van der Waals surface area contributed by atoms with E-state index in [1.54, 1.807) is 0 Å². The number of imidazole rings is 2. The highest BCUT2D eigenvalue weighted by Crippen LogP contribution is 2.56. The SMILES string of the molecule is Cc1ccc2c3c1c1ccc(Oc4ccc5c(c4)c4nc(-c6ccccc6)c6n4c4c(ccc(C)c54)C(C)(C)C6(C)C)cc1c1nc(-c4ccccc4)c(n13)C(C)(C)C2(C)C. The Balaban J connectivity index is 1.11. The number of nitrogens with zero attached hydrogens (tertiary/aromatic N) is 4. The molecule has 0 unspecified atom stereocenters. The fourth-order valence-corrected chi connectivity index (χ4v) is 11.3. The summed E-state index contributed by atoms with van der Waals surface area (Å²) in [5.41, 5.74) is 15.9. The summed E-state index contributed by atoms with van der Waals surface area (Å²) in [6.07, 6.45) is 0. The van der Waals surface area contributed by atoms with Crippen LogP contribution in [-0.2, 0) is 21.7 Å². The average molecular weight is 795 g/mol. The molecule has 0 amide bonds. The highest BCUT2D eigenvalue weighted by Gasteiger charge is 2.50. The van der Waals surface area contributed by atoms with Crippen LogP contribution in [0.3, 0.4) is 0 Å². The molecule has 0 saturated heterocycles. The molecule has 0 saturated carbocycles. The zero-order valence-corrected chi connectivity index (χ0v) is 36.7. The first-order chi connectivity index (χ1) is 29.1. The number of aromatic nitrogens is 4. The van der Waals surface area contributed by atoms with Gasteiger partial charge in [-0.05, 0) is 83.3 Å². The fraction of sp³-hybridized carbons (Fsp3) is 0.250. The first kappa shape index (κ1) is 36.4. The normalized spacial score (nSPS) is 16.9. The summed E-state index contributed by atoms with van der Waals surface area (Å²) in [5.74, 6) is 1.55. The van der Waals surface area contributed by atoms with Crippen LogP contribution >= 0.6 is 0 Å². The summed E-state index contributed by atoms with van der Waals surface area (Å²) in [6, 6.07) is 43.9. The second-order valence-electron chi connectivity index (χ2n) is 20.0. The molecule has 10 aromatic rings. The smallest absolute Gasteiger partial charge is 0.146 e. The number of fused-ring (bicyclic) bond motifs is 6. The summed E-state index contributed by atoms with van der Waals surface area (Å²) in [4.78, 5) is 11.2. The van der Waals surface area contributed by atoms with Crippen LogP contribution in [0.5, 0.6) is 11.5 Å². The van der Waals surface area contributed by atoms with E-state index in [0.717, 1.165) is 56.1 Å². The van der Waals surface area contributed by atoms with Crippen LogP contribution in [-0.4, -0.2) is 18.8 Å². The van der Waals surface area contributed by atoms with Crippen molar-refractivity contribution in [3.63, 3.8) is 0 Å². The van der Waals surface area contributed by atoms with Crippen molar-refractivity contribution in [1.82, 2.24) is 18.8 Å². The molecule has 6 heterocycles. The Kier molecular flexibility index (Phi) is 6.96. The molecule has 0 aliphatic carbocycles. The Morgan fingerprint density at radius 1 is 0.426 bits per heavy atom. The van der Waals surface area contributed by atoms with Gasteiger partial charge in [-0.15, -0.1) is 0 Å². The monoisotopic (exact) mass is 794 g/mol. The van der Waals surface area contributed by atoms with Gasteiger partial charge in [-0.2, -0.15) is 0 Å². The zero-order chi connectivity index (χ0) is 42.1. The highest BCUT2D eigenvalue weighted by atomic mass is 16.5. The third-order valence-electron chi connectivity index (χ3n) is 16.0. The Labute approximate surface area is 356 Å². The summed E-state index contributed by atoms with van der Waals surface area (Å²) in [7, 11) is 0. The molecule has 5 nitrogen and oxygen atoms in total. The van der Waals surface area contributed by atoms with Crippen molar-refractivity contribution >= 4 is 54.6 Å². The Morgan fingerprint density at radius 2 is 0.820 bits per heavy atom. The van der Waals surface area contributed by atoms with E-state index >= 15 is 0 Å². The number of rotatable bonds is 4. The lowest BCUT2D eigenvalue weighted by molar-refractivity contribution is 0.289. The van der Waals surface area contributed by atoms with E-state index in [0.29, 0.717) is 0 Å². The molecule has 61 heavy (non-hydrogen) atoms. The predicted octanol–water partition coefficient (Wildman–Crippen LogP) is 14.5. The molecular formula is C56H50N4O. The first-order valence-corrected chi connectivity index (χ1v) is 21.8. The van der Waals surface area contributed by atoms with Gasteiger partial charge < -0.3 is 4.74 Å². The number of aryl methyl sites for hydroxylation is 2. The number of hydrogen-bond acceptors (Lipinski definition) is 3. The van der Waals surface area contributed by atoms with Gasteiger partial charge in [0, 0.05) is 54.3 Å². The van der Waals surface area contributed by atoms with Crippen LogP contribution in [0.2, 0.25) is 0 Å². The largest absolute Gasteiger partial charge is 0.457 e. The standard InChI is InChI=1S/C56H50N4O/c1-31-21-27-41-47-43(31)37-25-23-35(29-39(37)51-57-45(33-17-13-11-14-18-33)49(59(47)51)55(7,8)53(41,3)4)61-36-24-26-38-40(30-36)52-58-46(34-19-15-12-16-20-34)50-56(9,10)54(5,6)42-28-22-32(2)44(38)48(42)60(50)52/h11-30H,1-10H3. The molecule has 6 aromatic carbocycles. The molecule has 0 spiro atoms. The lowest BCUT2D eigenvalue weighted by Gasteiger charge is -2.46. The molecule has 4 aromatic heterocycles. The second kappa shape index (κ2) is 11.7. The van der Waals surface area contributed by atoms with Crippen LogP contribution in [0.1, 0.15) is 89.0 Å². The van der Waals surface area contributed by atoms with Crippen molar-refractivity contribution in [3.8, 4) is 34.0 Å².